The molecule has 1 unspecified atom stereocenters. The summed E-state index contributed by atoms with van der Waals surface area (Å²) in [6, 6.07) is 8.76. The number of nitrogens with zero attached hydrogens (tertiary/aromatic N) is 1. The molecule has 1 atom stereocenters. The summed E-state index contributed by atoms with van der Waals surface area (Å²) in [5.41, 5.74) is 0.579. The minimum atomic E-state index is -0.100. The van der Waals surface area contributed by atoms with Gasteiger partial charge in [-0.05, 0) is 48.9 Å². The van der Waals surface area contributed by atoms with Gasteiger partial charge in [-0.1, -0.05) is 6.92 Å². The van der Waals surface area contributed by atoms with E-state index in [1.807, 2.05) is 6.07 Å². The van der Waals surface area contributed by atoms with Crippen molar-refractivity contribution in [3.8, 4) is 11.8 Å². The van der Waals surface area contributed by atoms with Gasteiger partial charge in [0.15, 0.2) is 6.61 Å². The van der Waals surface area contributed by atoms with E-state index in [1.165, 1.54) is 12.8 Å². The van der Waals surface area contributed by atoms with Gasteiger partial charge in [-0.3, -0.25) is 4.79 Å². The Balaban J connectivity index is 1.68. The molecule has 1 amide bonds. The molecular weight excluding hydrogens is 240 g/mol. The van der Waals surface area contributed by atoms with Crippen LogP contribution in [0, 0.1) is 23.2 Å². The summed E-state index contributed by atoms with van der Waals surface area (Å²) in [6.45, 7) is 2.91. The van der Waals surface area contributed by atoms with Crippen LogP contribution in [0.25, 0.3) is 0 Å². The van der Waals surface area contributed by atoms with E-state index < -0.39 is 0 Å². The lowest BCUT2D eigenvalue weighted by atomic mass is 10.1. The minimum Gasteiger partial charge on any atom is -0.484 e. The lowest BCUT2D eigenvalue weighted by Crippen LogP contribution is -2.32. The maximum Gasteiger partial charge on any atom is 0.257 e. The maximum atomic E-state index is 11.6. The largest absolute Gasteiger partial charge is 0.484 e. The van der Waals surface area contributed by atoms with Gasteiger partial charge in [0.25, 0.3) is 5.91 Å². The quantitative estimate of drug-likeness (QED) is 0.850. The van der Waals surface area contributed by atoms with E-state index in [0.717, 1.165) is 12.5 Å². The minimum absolute atomic E-state index is 0.0171. The molecule has 4 nitrogen and oxygen atoms in total. The normalized spacial score (nSPS) is 15.4. The van der Waals surface area contributed by atoms with Crippen LogP contribution in [0.3, 0.4) is 0 Å². The molecule has 0 heterocycles. The number of benzene rings is 1. The van der Waals surface area contributed by atoms with Gasteiger partial charge >= 0.3 is 0 Å². The molecule has 0 aromatic heterocycles. The molecule has 100 valence electrons. The first-order valence-corrected chi connectivity index (χ1v) is 6.58. The van der Waals surface area contributed by atoms with Crippen LogP contribution in [0.1, 0.15) is 25.3 Å². The fraction of sp³-hybridized carbons (Fsp3) is 0.467. The number of hydrogen-bond acceptors (Lipinski definition) is 3. The molecule has 0 radical (unpaired) electrons. The lowest BCUT2D eigenvalue weighted by Gasteiger charge is -2.12. The zero-order valence-corrected chi connectivity index (χ0v) is 11.1. The van der Waals surface area contributed by atoms with E-state index >= 15 is 0 Å². The molecule has 0 bridgehead atoms. The predicted molar refractivity (Wildman–Crippen MR) is 71.5 cm³/mol. The Hall–Kier alpha value is -2.02. The molecule has 0 aliphatic heterocycles. The highest BCUT2D eigenvalue weighted by atomic mass is 16.5. The third kappa shape index (κ3) is 4.29. The van der Waals surface area contributed by atoms with Gasteiger partial charge in [-0.15, -0.1) is 0 Å². The van der Waals surface area contributed by atoms with Gasteiger partial charge in [0.2, 0.25) is 0 Å². The maximum absolute atomic E-state index is 11.6. The van der Waals surface area contributed by atoms with Crippen molar-refractivity contribution in [1.29, 1.82) is 5.26 Å². The molecule has 1 aromatic carbocycles. The Labute approximate surface area is 113 Å². The molecule has 1 saturated carbocycles. The van der Waals surface area contributed by atoms with Crippen molar-refractivity contribution in [3.05, 3.63) is 29.8 Å². The van der Waals surface area contributed by atoms with Crippen LogP contribution in [-0.4, -0.2) is 19.1 Å². The van der Waals surface area contributed by atoms with Gasteiger partial charge in [0, 0.05) is 6.54 Å². The number of carbonyl (C=O) groups excluding carboxylic acids is 1. The van der Waals surface area contributed by atoms with E-state index in [-0.39, 0.29) is 12.5 Å². The number of hydrogen-bond donors (Lipinski definition) is 1. The Morgan fingerprint density at radius 1 is 1.47 bits per heavy atom. The number of rotatable bonds is 6. The van der Waals surface area contributed by atoms with E-state index in [2.05, 4.69) is 12.2 Å². The van der Waals surface area contributed by atoms with Crippen molar-refractivity contribution in [3.63, 3.8) is 0 Å². The van der Waals surface area contributed by atoms with Crippen LogP contribution in [0.5, 0.6) is 5.75 Å². The summed E-state index contributed by atoms with van der Waals surface area (Å²) in [7, 11) is 0. The Morgan fingerprint density at radius 2 is 2.16 bits per heavy atom. The fourth-order valence-electron chi connectivity index (χ4n) is 1.93. The molecule has 2 rings (SSSR count). The molecule has 19 heavy (non-hydrogen) atoms. The number of ether oxygens (including phenoxy) is 1. The highest BCUT2D eigenvalue weighted by Gasteiger charge is 2.27. The van der Waals surface area contributed by atoms with Gasteiger partial charge in [-0.25, -0.2) is 0 Å². The van der Waals surface area contributed by atoms with Crippen LogP contribution < -0.4 is 10.1 Å². The van der Waals surface area contributed by atoms with E-state index in [1.54, 1.807) is 24.3 Å². The molecule has 1 aromatic rings. The second kappa shape index (κ2) is 6.24. The SMILES string of the molecule is CC(CNC(=O)COc1ccc(C#N)cc1)C1CC1. The second-order valence-corrected chi connectivity index (χ2v) is 5.04. The summed E-state index contributed by atoms with van der Waals surface area (Å²) in [4.78, 5) is 11.6. The van der Waals surface area contributed by atoms with Crippen LogP contribution >= 0.6 is 0 Å². The van der Waals surface area contributed by atoms with Gasteiger partial charge < -0.3 is 10.1 Å². The topological polar surface area (TPSA) is 62.1 Å². The van der Waals surface area contributed by atoms with E-state index in [0.29, 0.717) is 17.2 Å². The zero-order chi connectivity index (χ0) is 13.7. The zero-order valence-electron chi connectivity index (χ0n) is 11.1. The summed E-state index contributed by atoms with van der Waals surface area (Å²) in [5, 5.41) is 11.5. The van der Waals surface area contributed by atoms with Crippen LogP contribution in [-0.2, 0) is 4.79 Å². The molecule has 1 aliphatic carbocycles. The van der Waals surface area contributed by atoms with Crippen molar-refractivity contribution >= 4 is 5.91 Å². The molecule has 1 aliphatic rings. The number of nitriles is 1. The van der Waals surface area contributed by atoms with E-state index in [9.17, 15) is 4.79 Å². The van der Waals surface area contributed by atoms with Crippen molar-refractivity contribution in [1.82, 2.24) is 5.32 Å². The molecule has 0 saturated heterocycles. The summed E-state index contributed by atoms with van der Waals surface area (Å²) < 4.78 is 5.35. The lowest BCUT2D eigenvalue weighted by molar-refractivity contribution is -0.123. The highest BCUT2D eigenvalue weighted by Crippen LogP contribution is 2.35. The van der Waals surface area contributed by atoms with Crippen molar-refractivity contribution < 1.29 is 9.53 Å². The second-order valence-electron chi connectivity index (χ2n) is 5.04. The summed E-state index contributed by atoms with van der Waals surface area (Å²) in [5.74, 6) is 1.85. The highest BCUT2D eigenvalue weighted by molar-refractivity contribution is 5.77. The third-order valence-corrected chi connectivity index (χ3v) is 3.40. The molecule has 1 fully saturated rings. The van der Waals surface area contributed by atoms with E-state index in [4.69, 9.17) is 10.00 Å². The standard InChI is InChI=1S/C15H18N2O2/c1-11(13-4-5-13)9-17-15(18)10-19-14-6-2-12(8-16)3-7-14/h2-3,6-7,11,13H,4-5,9-10H2,1H3,(H,17,18). The molecular formula is C15H18N2O2. The first-order valence-electron chi connectivity index (χ1n) is 6.58. The Bertz CT molecular complexity index is 472. The fourth-order valence-corrected chi connectivity index (χ4v) is 1.93. The predicted octanol–water partition coefficient (Wildman–Crippen LogP) is 2.10. The van der Waals surface area contributed by atoms with Gasteiger partial charge in [0.1, 0.15) is 5.75 Å². The number of amides is 1. The van der Waals surface area contributed by atoms with Crippen LogP contribution in [0.2, 0.25) is 0 Å². The first kappa shape index (κ1) is 13.4. The summed E-state index contributed by atoms with van der Waals surface area (Å²) >= 11 is 0. The third-order valence-electron chi connectivity index (χ3n) is 3.40. The van der Waals surface area contributed by atoms with Crippen molar-refractivity contribution in [2.45, 2.75) is 19.8 Å². The first-order chi connectivity index (χ1) is 9.19. The molecule has 4 heteroatoms. The average Bonchev–Trinajstić information content (AvgIpc) is 3.27. The average molecular weight is 258 g/mol. The Kier molecular flexibility index (Phi) is 4.40. The smallest absolute Gasteiger partial charge is 0.257 e. The van der Waals surface area contributed by atoms with Gasteiger partial charge in [0.05, 0.1) is 11.6 Å². The number of carbonyl (C=O) groups is 1. The van der Waals surface area contributed by atoms with Gasteiger partial charge in [-0.2, -0.15) is 5.26 Å². The monoisotopic (exact) mass is 258 g/mol. The van der Waals surface area contributed by atoms with Crippen molar-refractivity contribution in [2.24, 2.45) is 11.8 Å². The molecule has 0 spiro atoms. The van der Waals surface area contributed by atoms with Crippen LogP contribution in [0.4, 0.5) is 0 Å². The summed E-state index contributed by atoms with van der Waals surface area (Å²) in [6.07, 6.45) is 2.58. The van der Waals surface area contributed by atoms with Crippen LogP contribution in [0.15, 0.2) is 24.3 Å². The molecule has 1 N–H and O–H groups in total. The van der Waals surface area contributed by atoms with Crippen molar-refractivity contribution in [2.75, 3.05) is 13.2 Å². The number of nitrogens with one attached hydrogen (secondary N) is 1. The Morgan fingerprint density at radius 3 is 2.74 bits per heavy atom.